The molecule has 0 aliphatic heterocycles. The van der Waals surface area contributed by atoms with E-state index >= 15 is 0 Å². The second-order valence-corrected chi connectivity index (χ2v) is 5.02. The van der Waals surface area contributed by atoms with Gasteiger partial charge in [0.1, 0.15) is 5.82 Å². The van der Waals surface area contributed by atoms with Gasteiger partial charge in [-0.05, 0) is 48.7 Å². The van der Waals surface area contributed by atoms with Gasteiger partial charge in [-0.15, -0.1) is 0 Å². The van der Waals surface area contributed by atoms with Crippen LogP contribution in [0.5, 0.6) is 5.88 Å². The van der Waals surface area contributed by atoms with Gasteiger partial charge >= 0.3 is 0 Å². The number of aryl methyl sites for hydroxylation is 1. The van der Waals surface area contributed by atoms with Crippen LogP contribution in [0.15, 0.2) is 36.5 Å². The van der Waals surface area contributed by atoms with Crippen LogP contribution in [0, 0.1) is 12.7 Å². The number of halogens is 1. The number of ether oxygens (including phenoxy) is 1. The quantitative estimate of drug-likeness (QED) is 0.884. The number of aromatic nitrogens is 1. The van der Waals surface area contributed by atoms with Crippen molar-refractivity contribution >= 4 is 0 Å². The lowest BCUT2D eigenvalue weighted by molar-refractivity contribution is 0.397. The van der Waals surface area contributed by atoms with Crippen LogP contribution in [0.25, 0.3) is 0 Å². The maximum Gasteiger partial charge on any atom is 0.212 e. The van der Waals surface area contributed by atoms with E-state index in [1.54, 1.807) is 13.2 Å². The number of methoxy groups -OCH3 is 1. The number of nitrogens with one attached hydrogen (secondary N) is 1. The van der Waals surface area contributed by atoms with Crippen LogP contribution in [0.4, 0.5) is 4.39 Å². The number of benzene rings is 1. The zero-order valence-electron chi connectivity index (χ0n) is 12.7. The molecule has 0 aliphatic rings. The van der Waals surface area contributed by atoms with Crippen molar-refractivity contribution in [2.45, 2.75) is 26.3 Å². The van der Waals surface area contributed by atoms with Gasteiger partial charge in [0.2, 0.25) is 5.88 Å². The van der Waals surface area contributed by atoms with Crippen LogP contribution in [0.2, 0.25) is 0 Å². The zero-order chi connectivity index (χ0) is 15.2. The second kappa shape index (κ2) is 7.18. The van der Waals surface area contributed by atoms with Crippen LogP contribution in [0.3, 0.4) is 0 Å². The lowest BCUT2D eigenvalue weighted by Crippen LogP contribution is -2.23. The molecule has 3 nitrogen and oxygen atoms in total. The summed E-state index contributed by atoms with van der Waals surface area (Å²) in [6, 6.07) is 8.95. The first-order chi connectivity index (χ1) is 10.1. The fourth-order valence-corrected chi connectivity index (χ4v) is 2.46. The third-order valence-electron chi connectivity index (χ3n) is 3.50. The molecule has 21 heavy (non-hydrogen) atoms. The summed E-state index contributed by atoms with van der Waals surface area (Å²) in [4.78, 5) is 4.23. The summed E-state index contributed by atoms with van der Waals surface area (Å²) < 4.78 is 18.3. The Morgan fingerprint density at radius 3 is 2.67 bits per heavy atom. The Labute approximate surface area is 125 Å². The normalized spacial score (nSPS) is 12.2. The van der Waals surface area contributed by atoms with Crippen molar-refractivity contribution in [3.8, 4) is 5.88 Å². The molecule has 0 amide bonds. The van der Waals surface area contributed by atoms with Crippen LogP contribution < -0.4 is 10.1 Å². The van der Waals surface area contributed by atoms with Crippen molar-refractivity contribution in [1.82, 2.24) is 10.3 Å². The Kier molecular flexibility index (Phi) is 5.28. The van der Waals surface area contributed by atoms with Crippen LogP contribution in [-0.4, -0.2) is 18.6 Å². The maximum absolute atomic E-state index is 13.3. The van der Waals surface area contributed by atoms with Gasteiger partial charge in [0, 0.05) is 18.3 Å². The highest BCUT2D eigenvalue weighted by molar-refractivity contribution is 5.31. The SMILES string of the molecule is CCNC(Cc1ccc(OC)nc1)c1ccc(F)cc1C. The molecule has 1 aromatic carbocycles. The number of nitrogens with zero attached hydrogens (tertiary/aromatic N) is 1. The minimum atomic E-state index is -0.197. The average molecular weight is 288 g/mol. The summed E-state index contributed by atoms with van der Waals surface area (Å²) in [7, 11) is 1.60. The van der Waals surface area contributed by atoms with Crippen molar-refractivity contribution in [3.63, 3.8) is 0 Å². The molecule has 0 bridgehead atoms. The monoisotopic (exact) mass is 288 g/mol. The summed E-state index contributed by atoms with van der Waals surface area (Å²) in [5.74, 6) is 0.411. The molecule has 0 saturated carbocycles. The van der Waals surface area contributed by atoms with E-state index in [0.29, 0.717) is 5.88 Å². The van der Waals surface area contributed by atoms with E-state index in [0.717, 1.165) is 29.7 Å². The second-order valence-electron chi connectivity index (χ2n) is 5.02. The third kappa shape index (κ3) is 4.02. The van der Waals surface area contributed by atoms with E-state index < -0.39 is 0 Å². The zero-order valence-corrected chi connectivity index (χ0v) is 12.7. The summed E-state index contributed by atoms with van der Waals surface area (Å²) in [5, 5.41) is 3.45. The van der Waals surface area contributed by atoms with Gasteiger partial charge in [0.05, 0.1) is 7.11 Å². The van der Waals surface area contributed by atoms with Gasteiger partial charge in [-0.2, -0.15) is 0 Å². The standard InChI is InChI=1S/C17H21FN2O/c1-4-19-16(15-7-6-14(18)9-12(15)2)10-13-5-8-17(21-3)20-11-13/h5-9,11,16,19H,4,10H2,1-3H3. The van der Waals surface area contributed by atoms with Crippen molar-refractivity contribution < 1.29 is 9.13 Å². The number of likely N-dealkylation sites (N-methyl/N-ethyl adjacent to an activating group) is 1. The fourth-order valence-electron chi connectivity index (χ4n) is 2.46. The molecule has 0 fully saturated rings. The predicted molar refractivity (Wildman–Crippen MR) is 82.0 cm³/mol. The summed E-state index contributed by atoms with van der Waals surface area (Å²) >= 11 is 0. The first-order valence-corrected chi connectivity index (χ1v) is 7.12. The van der Waals surface area contributed by atoms with Gasteiger partial charge in [-0.3, -0.25) is 0 Å². The van der Waals surface area contributed by atoms with E-state index in [2.05, 4.69) is 17.2 Å². The number of rotatable bonds is 6. The minimum absolute atomic E-state index is 0.144. The fraction of sp³-hybridized carbons (Fsp3) is 0.353. The number of pyridine rings is 1. The van der Waals surface area contributed by atoms with Crippen LogP contribution >= 0.6 is 0 Å². The molecule has 4 heteroatoms. The first-order valence-electron chi connectivity index (χ1n) is 7.12. The van der Waals surface area contributed by atoms with Crippen molar-refractivity contribution in [1.29, 1.82) is 0 Å². The Hall–Kier alpha value is -1.94. The Morgan fingerprint density at radius 2 is 2.10 bits per heavy atom. The summed E-state index contributed by atoms with van der Waals surface area (Å²) in [6.07, 6.45) is 2.62. The van der Waals surface area contributed by atoms with Crippen LogP contribution in [0.1, 0.15) is 29.7 Å². The molecule has 2 aromatic rings. The third-order valence-corrected chi connectivity index (χ3v) is 3.50. The summed E-state index contributed by atoms with van der Waals surface area (Å²) in [5.41, 5.74) is 3.20. The topological polar surface area (TPSA) is 34.1 Å². The van der Waals surface area contributed by atoms with Crippen molar-refractivity contribution in [2.75, 3.05) is 13.7 Å². The molecule has 0 radical (unpaired) electrons. The van der Waals surface area contributed by atoms with E-state index in [4.69, 9.17) is 4.74 Å². The predicted octanol–water partition coefficient (Wildman–Crippen LogP) is 3.43. The molecule has 2 rings (SSSR count). The van der Waals surface area contributed by atoms with Gasteiger partial charge in [-0.25, -0.2) is 9.37 Å². The Morgan fingerprint density at radius 1 is 1.29 bits per heavy atom. The maximum atomic E-state index is 13.3. The molecule has 1 unspecified atom stereocenters. The van der Waals surface area contributed by atoms with E-state index in [1.807, 2.05) is 31.3 Å². The van der Waals surface area contributed by atoms with E-state index in [-0.39, 0.29) is 11.9 Å². The number of hydrogen-bond acceptors (Lipinski definition) is 3. The average Bonchev–Trinajstić information content (AvgIpc) is 2.48. The largest absolute Gasteiger partial charge is 0.481 e. The lowest BCUT2D eigenvalue weighted by Gasteiger charge is -2.20. The van der Waals surface area contributed by atoms with Gasteiger partial charge < -0.3 is 10.1 Å². The molecule has 112 valence electrons. The summed E-state index contributed by atoms with van der Waals surface area (Å²) in [6.45, 7) is 4.86. The molecule has 0 spiro atoms. The lowest BCUT2D eigenvalue weighted by atomic mass is 9.96. The molecule has 1 heterocycles. The Bertz CT molecular complexity index is 584. The van der Waals surface area contributed by atoms with Gasteiger partial charge in [0.15, 0.2) is 0 Å². The highest BCUT2D eigenvalue weighted by Crippen LogP contribution is 2.23. The molecule has 1 atom stereocenters. The van der Waals surface area contributed by atoms with E-state index in [1.165, 1.54) is 6.07 Å². The molecule has 0 aliphatic carbocycles. The molecular formula is C17H21FN2O. The molecule has 0 saturated heterocycles. The molecule has 1 aromatic heterocycles. The smallest absolute Gasteiger partial charge is 0.212 e. The van der Waals surface area contributed by atoms with Crippen molar-refractivity contribution in [3.05, 3.63) is 59.0 Å². The molecular weight excluding hydrogens is 267 g/mol. The van der Waals surface area contributed by atoms with E-state index in [9.17, 15) is 4.39 Å². The van der Waals surface area contributed by atoms with Crippen LogP contribution in [-0.2, 0) is 6.42 Å². The molecule has 1 N–H and O–H groups in total. The number of hydrogen-bond donors (Lipinski definition) is 1. The Balaban J connectivity index is 2.21. The van der Waals surface area contributed by atoms with Crippen molar-refractivity contribution in [2.24, 2.45) is 0 Å². The highest BCUT2D eigenvalue weighted by Gasteiger charge is 2.14. The van der Waals surface area contributed by atoms with Gasteiger partial charge in [0.25, 0.3) is 0 Å². The first kappa shape index (κ1) is 15.4. The van der Waals surface area contributed by atoms with Gasteiger partial charge in [-0.1, -0.05) is 19.1 Å². The highest BCUT2D eigenvalue weighted by atomic mass is 19.1. The minimum Gasteiger partial charge on any atom is -0.481 e.